The van der Waals surface area contributed by atoms with Gasteiger partial charge in [-0.15, -0.1) is 22.7 Å². The van der Waals surface area contributed by atoms with Gasteiger partial charge in [0.15, 0.2) is 11.6 Å². The second-order valence-electron chi connectivity index (χ2n) is 18.4. The van der Waals surface area contributed by atoms with Gasteiger partial charge in [0, 0.05) is 66.6 Å². The number of allylic oxidation sites excluding steroid dienone is 2. The standard InChI is InChI=1S/C62H76N2O2S2/c1-3-5-7-9-11-13-15-17-19-23-29-53-47-59(51-39-35-49(36-40-51)57(65)43-45-63-55-31-25-21-26-32-55)67-61(53)62-54(30-24-20-18-16-14-12-10-8-6-4-2)48-60(68-62)52-41-37-50(38-42-52)58(66)44-46-64-56-33-27-22-28-34-56/h21-22,25-28,31-48,63-64H,3-20,23-24,29-30H2,1-2H3/b45-43+,46-44+. The van der Waals surface area contributed by atoms with Crippen LogP contribution in [0.4, 0.5) is 11.4 Å². The third kappa shape index (κ3) is 17.7. The Kier molecular flexibility index (Phi) is 23.2. The SMILES string of the molecule is CCCCCCCCCCCCc1cc(-c2ccc(C(=O)/C=C/Nc3ccccc3)cc2)sc1-c1sc(-c2ccc(C(=O)/C=C/Nc3ccccc3)cc2)cc1CCCCCCCCCCCC. The van der Waals surface area contributed by atoms with Gasteiger partial charge in [-0.25, -0.2) is 0 Å². The molecule has 0 unspecified atom stereocenters. The zero-order valence-corrected chi connectivity index (χ0v) is 42.7. The molecule has 6 heteroatoms. The van der Waals surface area contributed by atoms with Crippen molar-refractivity contribution in [3.05, 3.63) is 168 Å². The predicted octanol–water partition coefficient (Wildman–Crippen LogP) is 19.4. The average Bonchev–Trinajstić information content (AvgIpc) is 4.00. The highest BCUT2D eigenvalue weighted by Crippen LogP contribution is 2.46. The van der Waals surface area contributed by atoms with Crippen molar-refractivity contribution in [2.45, 2.75) is 155 Å². The van der Waals surface area contributed by atoms with Crippen LogP contribution in [-0.2, 0) is 12.8 Å². The fourth-order valence-electron chi connectivity index (χ4n) is 8.79. The molecule has 0 radical (unpaired) electrons. The van der Waals surface area contributed by atoms with Gasteiger partial charge >= 0.3 is 0 Å². The second kappa shape index (κ2) is 30.2. The third-order valence-electron chi connectivity index (χ3n) is 12.8. The lowest BCUT2D eigenvalue weighted by molar-refractivity contribution is 0.103. The molecule has 358 valence electrons. The van der Waals surface area contributed by atoms with Crippen LogP contribution < -0.4 is 10.6 Å². The Morgan fingerprint density at radius 3 is 1.07 bits per heavy atom. The largest absolute Gasteiger partial charge is 0.362 e. The minimum absolute atomic E-state index is 0.0230. The van der Waals surface area contributed by atoms with E-state index in [4.69, 9.17) is 0 Å². The Morgan fingerprint density at radius 2 is 0.735 bits per heavy atom. The number of para-hydroxylation sites is 2. The highest BCUT2D eigenvalue weighted by Gasteiger charge is 2.20. The van der Waals surface area contributed by atoms with E-state index in [9.17, 15) is 9.59 Å². The maximum absolute atomic E-state index is 13.2. The molecule has 2 N–H and O–H groups in total. The van der Waals surface area contributed by atoms with Crippen molar-refractivity contribution in [2.24, 2.45) is 0 Å². The fraction of sp³-hybridized carbons (Fsp3) is 0.387. The summed E-state index contributed by atoms with van der Waals surface area (Å²) in [5.41, 5.74) is 8.43. The van der Waals surface area contributed by atoms with Crippen LogP contribution in [0.25, 0.3) is 30.6 Å². The van der Waals surface area contributed by atoms with Crippen molar-refractivity contribution in [3.63, 3.8) is 0 Å². The molecule has 0 aliphatic heterocycles. The van der Waals surface area contributed by atoms with Crippen LogP contribution in [0.5, 0.6) is 0 Å². The van der Waals surface area contributed by atoms with E-state index in [1.165, 1.54) is 159 Å². The topological polar surface area (TPSA) is 58.2 Å². The van der Waals surface area contributed by atoms with Gasteiger partial charge < -0.3 is 10.6 Å². The van der Waals surface area contributed by atoms with Crippen LogP contribution in [0.2, 0.25) is 0 Å². The lowest BCUT2D eigenvalue weighted by Gasteiger charge is -2.07. The monoisotopic (exact) mass is 945 g/mol. The lowest BCUT2D eigenvalue weighted by atomic mass is 10.00. The number of ketones is 2. The molecule has 0 atom stereocenters. The molecule has 0 saturated carbocycles. The summed E-state index contributed by atoms with van der Waals surface area (Å²) in [7, 11) is 0. The molecule has 2 aromatic heterocycles. The Morgan fingerprint density at radius 1 is 0.412 bits per heavy atom. The summed E-state index contributed by atoms with van der Waals surface area (Å²) in [5.74, 6) is -0.0460. The van der Waals surface area contributed by atoms with Crippen LogP contribution in [0, 0.1) is 0 Å². The number of aryl methyl sites for hydroxylation is 2. The molecule has 0 bridgehead atoms. The number of rotatable bonds is 33. The normalized spacial score (nSPS) is 11.5. The summed E-state index contributed by atoms with van der Waals surface area (Å²) in [6.07, 6.45) is 35.2. The molecule has 0 saturated heterocycles. The summed E-state index contributed by atoms with van der Waals surface area (Å²) in [6.45, 7) is 4.58. The molecule has 0 aliphatic rings. The van der Waals surface area contributed by atoms with E-state index < -0.39 is 0 Å². The van der Waals surface area contributed by atoms with E-state index in [2.05, 4.69) is 60.9 Å². The number of hydrogen-bond acceptors (Lipinski definition) is 6. The minimum atomic E-state index is -0.0230. The van der Waals surface area contributed by atoms with E-state index in [1.807, 2.05) is 108 Å². The van der Waals surface area contributed by atoms with Crippen molar-refractivity contribution in [3.8, 4) is 30.6 Å². The van der Waals surface area contributed by atoms with Crippen molar-refractivity contribution in [2.75, 3.05) is 10.6 Å². The summed E-state index contributed by atoms with van der Waals surface area (Å²) < 4.78 is 0. The molecule has 0 amide bonds. The molecule has 6 aromatic rings. The molecule has 4 nitrogen and oxygen atoms in total. The molecule has 6 rings (SSSR count). The first kappa shape index (κ1) is 52.1. The van der Waals surface area contributed by atoms with Gasteiger partial charge in [0.2, 0.25) is 0 Å². The molecule has 0 fully saturated rings. The third-order valence-corrected chi connectivity index (χ3v) is 15.5. The van der Waals surface area contributed by atoms with E-state index >= 15 is 0 Å². The summed E-state index contributed by atoms with van der Waals surface area (Å²) >= 11 is 3.82. The average molecular weight is 945 g/mol. The Hall–Kier alpha value is -5.30. The zero-order chi connectivity index (χ0) is 47.4. The first-order chi connectivity index (χ1) is 33.5. The summed E-state index contributed by atoms with van der Waals surface area (Å²) in [6, 6.07) is 41.0. The van der Waals surface area contributed by atoms with Crippen LogP contribution >= 0.6 is 22.7 Å². The molecule has 68 heavy (non-hydrogen) atoms. The maximum atomic E-state index is 13.2. The quantitative estimate of drug-likeness (QED) is 0.0245. The van der Waals surface area contributed by atoms with E-state index in [-0.39, 0.29) is 11.6 Å². The molecular weight excluding hydrogens is 869 g/mol. The van der Waals surface area contributed by atoms with Crippen LogP contribution in [0.3, 0.4) is 0 Å². The number of carbonyl (C=O) groups excluding carboxylic acids is 2. The second-order valence-corrected chi connectivity index (χ2v) is 20.5. The van der Waals surface area contributed by atoms with Gasteiger partial charge in [-0.1, -0.05) is 214 Å². The predicted molar refractivity (Wildman–Crippen MR) is 297 cm³/mol. The summed E-state index contributed by atoms with van der Waals surface area (Å²) in [5, 5.41) is 6.39. The van der Waals surface area contributed by atoms with Gasteiger partial charge in [0.25, 0.3) is 0 Å². The van der Waals surface area contributed by atoms with Crippen molar-refractivity contribution in [1.82, 2.24) is 0 Å². The number of benzene rings is 4. The van der Waals surface area contributed by atoms with Gasteiger partial charge in [0.1, 0.15) is 0 Å². The van der Waals surface area contributed by atoms with Gasteiger partial charge in [-0.05, 0) is 84.3 Å². The van der Waals surface area contributed by atoms with Crippen molar-refractivity contribution < 1.29 is 9.59 Å². The Balaban J connectivity index is 1.21. The van der Waals surface area contributed by atoms with Crippen LogP contribution in [0.15, 0.2) is 146 Å². The number of carbonyl (C=O) groups is 2. The van der Waals surface area contributed by atoms with E-state index in [1.54, 1.807) is 24.6 Å². The van der Waals surface area contributed by atoms with Gasteiger partial charge in [0.05, 0.1) is 0 Å². The van der Waals surface area contributed by atoms with E-state index in [0.29, 0.717) is 11.1 Å². The maximum Gasteiger partial charge on any atom is 0.187 e. The first-order valence-electron chi connectivity index (χ1n) is 26.0. The number of unbranched alkanes of at least 4 members (excludes halogenated alkanes) is 18. The molecule has 4 aromatic carbocycles. The number of thiophene rings is 2. The number of nitrogens with one attached hydrogen (secondary N) is 2. The van der Waals surface area contributed by atoms with E-state index in [0.717, 1.165) is 35.3 Å². The molecule has 2 heterocycles. The van der Waals surface area contributed by atoms with Crippen molar-refractivity contribution >= 4 is 45.6 Å². The highest BCUT2D eigenvalue weighted by molar-refractivity contribution is 7.25. The molecule has 0 spiro atoms. The minimum Gasteiger partial charge on any atom is -0.362 e. The summed E-state index contributed by atoms with van der Waals surface area (Å²) in [4.78, 5) is 31.6. The number of hydrogen-bond donors (Lipinski definition) is 2. The van der Waals surface area contributed by atoms with Crippen molar-refractivity contribution in [1.29, 1.82) is 0 Å². The lowest BCUT2D eigenvalue weighted by Crippen LogP contribution is -1.96. The van der Waals surface area contributed by atoms with Gasteiger partial charge in [-0.3, -0.25) is 9.59 Å². The smallest absolute Gasteiger partial charge is 0.187 e. The Labute approximate surface area is 417 Å². The zero-order valence-electron chi connectivity index (χ0n) is 41.0. The molecule has 0 aliphatic carbocycles. The number of anilines is 2. The molecular formula is C62H76N2O2S2. The van der Waals surface area contributed by atoms with Crippen LogP contribution in [-0.4, -0.2) is 11.6 Å². The Bertz CT molecular complexity index is 2240. The highest BCUT2D eigenvalue weighted by atomic mass is 32.1. The van der Waals surface area contributed by atoms with Gasteiger partial charge in [-0.2, -0.15) is 0 Å². The fourth-order valence-corrected chi connectivity index (χ4v) is 11.4. The first-order valence-corrected chi connectivity index (χ1v) is 27.7. The van der Waals surface area contributed by atoms with Crippen LogP contribution in [0.1, 0.15) is 174 Å².